The summed E-state index contributed by atoms with van der Waals surface area (Å²) >= 11 is 0. The second-order valence-electron chi connectivity index (χ2n) is 6.42. The highest BCUT2D eigenvalue weighted by Crippen LogP contribution is 2.24. The Morgan fingerprint density at radius 1 is 1.19 bits per heavy atom. The van der Waals surface area contributed by atoms with E-state index in [-0.39, 0.29) is 4.91 Å². The summed E-state index contributed by atoms with van der Waals surface area (Å²) in [5, 5.41) is 0.886. The van der Waals surface area contributed by atoms with Crippen LogP contribution in [0.25, 0.3) is 10.9 Å². The number of benzene rings is 1. The summed E-state index contributed by atoms with van der Waals surface area (Å²) in [6.07, 6.45) is 4.96. The van der Waals surface area contributed by atoms with Crippen LogP contribution < -0.4 is 4.72 Å². The monoisotopic (exact) mass is 371 g/mol. The minimum absolute atomic E-state index is 0.222. The van der Waals surface area contributed by atoms with E-state index in [4.69, 9.17) is 0 Å². The van der Waals surface area contributed by atoms with E-state index < -0.39 is 10.0 Å². The number of allylic oxidation sites excluding steroid dienone is 5. The van der Waals surface area contributed by atoms with Crippen LogP contribution in [0.1, 0.15) is 19.5 Å². The first-order chi connectivity index (χ1) is 12.2. The molecule has 5 nitrogen and oxygen atoms in total. The number of fused-ring (bicyclic) bond motifs is 1. The second-order valence-corrected chi connectivity index (χ2v) is 8.27. The first kappa shape index (κ1) is 19.9. The van der Waals surface area contributed by atoms with Crippen LogP contribution in [-0.4, -0.2) is 32.4 Å². The lowest BCUT2D eigenvalue weighted by Gasteiger charge is -2.13. The lowest BCUT2D eigenvalue weighted by molar-refractivity contribution is 0.397. The fraction of sp³-hybridized carbons (Fsp3) is 0.250. The number of para-hydroxylation sites is 1. The van der Waals surface area contributed by atoms with Gasteiger partial charge in [-0.3, -0.25) is 4.72 Å². The first-order valence-corrected chi connectivity index (χ1v) is 9.75. The molecule has 26 heavy (non-hydrogen) atoms. The van der Waals surface area contributed by atoms with Crippen LogP contribution in [0, 0.1) is 0 Å². The zero-order valence-electron chi connectivity index (χ0n) is 15.7. The molecule has 2 aromatic rings. The van der Waals surface area contributed by atoms with Crippen LogP contribution in [0.4, 0.5) is 5.69 Å². The van der Waals surface area contributed by atoms with Crippen molar-refractivity contribution in [2.24, 2.45) is 0 Å². The summed E-state index contributed by atoms with van der Waals surface area (Å²) in [7, 11) is 0.269. The normalized spacial score (nSPS) is 13.3. The van der Waals surface area contributed by atoms with Crippen LogP contribution in [0.3, 0.4) is 0 Å². The summed E-state index contributed by atoms with van der Waals surface area (Å²) < 4.78 is 27.9. The maximum absolute atomic E-state index is 12.6. The van der Waals surface area contributed by atoms with E-state index >= 15 is 0 Å². The van der Waals surface area contributed by atoms with E-state index in [2.05, 4.69) is 16.3 Å². The van der Waals surface area contributed by atoms with E-state index in [9.17, 15) is 8.42 Å². The molecule has 0 fully saturated rings. The van der Waals surface area contributed by atoms with Crippen LogP contribution >= 0.6 is 0 Å². The molecule has 1 N–H and O–H groups in total. The number of aromatic nitrogens is 1. The number of pyridine rings is 1. The minimum Gasteiger partial charge on any atom is -0.304 e. The standard InChI is InChI=1S/C20H25N3O2S/c1-6-15(2)10-11-16(3)26(24,25)22-19-9-7-8-17-12-13-18(14-23(4)5)21-20(17)19/h6-13,22H,1,14H2,2-5H3/b15-10-,16-11+. The molecule has 0 aliphatic heterocycles. The molecule has 0 radical (unpaired) electrons. The van der Waals surface area contributed by atoms with Crippen molar-refractivity contribution in [3.05, 3.63) is 71.3 Å². The van der Waals surface area contributed by atoms with Gasteiger partial charge in [0.15, 0.2) is 0 Å². The van der Waals surface area contributed by atoms with Crippen molar-refractivity contribution in [1.82, 2.24) is 9.88 Å². The van der Waals surface area contributed by atoms with Gasteiger partial charge in [0.2, 0.25) is 0 Å². The van der Waals surface area contributed by atoms with Crippen molar-refractivity contribution in [2.75, 3.05) is 18.8 Å². The summed E-state index contributed by atoms with van der Waals surface area (Å²) in [6.45, 7) is 7.76. The Labute approximate surface area is 155 Å². The molecule has 1 aromatic carbocycles. The predicted octanol–water partition coefficient (Wildman–Crippen LogP) is 4.07. The maximum Gasteiger partial charge on any atom is 0.257 e. The van der Waals surface area contributed by atoms with Gasteiger partial charge < -0.3 is 4.90 Å². The molecule has 6 heteroatoms. The number of sulfonamides is 1. The summed E-state index contributed by atoms with van der Waals surface area (Å²) in [5.74, 6) is 0. The molecule has 0 unspecified atom stereocenters. The van der Waals surface area contributed by atoms with Gasteiger partial charge in [0.25, 0.3) is 10.0 Å². The largest absolute Gasteiger partial charge is 0.304 e. The Bertz CT molecular complexity index is 974. The Morgan fingerprint density at radius 2 is 1.92 bits per heavy atom. The van der Waals surface area contributed by atoms with Gasteiger partial charge in [-0.25, -0.2) is 13.4 Å². The SMILES string of the molecule is C=C/C(C)=C\C=C(/C)S(=O)(=O)Nc1cccc2ccc(CN(C)C)nc12. The van der Waals surface area contributed by atoms with Gasteiger partial charge in [-0.1, -0.05) is 42.5 Å². The van der Waals surface area contributed by atoms with E-state index in [0.717, 1.165) is 16.7 Å². The van der Waals surface area contributed by atoms with E-state index in [1.165, 1.54) is 0 Å². The van der Waals surface area contributed by atoms with Crippen LogP contribution in [0.5, 0.6) is 0 Å². The molecular weight excluding hydrogens is 346 g/mol. The minimum atomic E-state index is -3.66. The fourth-order valence-electron chi connectivity index (χ4n) is 2.31. The molecule has 0 atom stereocenters. The van der Waals surface area contributed by atoms with Gasteiger partial charge in [0.1, 0.15) is 0 Å². The highest BCUT2D eigenvalue weighted by molar-refractivity contribution is 7.96. The van der Waals surface area contributed by atoms with E-state index in [0.29, 0.717) is 17.7 Å². The van der Waals surface area contributed by atoms with Crippen molar-refractivity contribution in [2.45, 2.75) is 20.4 Å². The molecular formula is C20H25N3O2S. The molecule has 0 bridgehead atoms. The number of anilines is 1. The lowest BCUT2D eigenvalue weighted by Crippen LogP contribution is -2.15. The van der Waals surface area contributed by atoms with Gasteiger partial charge in [-0.05, 0) is 46.2 Å². The molecule has 2 rings (SSSR count). The molecule has 0 saturated carbocycles. The quantitative estimate of drug-likeness (QED) is 0.745. The molecule has 1 aromatic heterocycles. The van der Waals surface area contributed by atoms with Crippen LogP contribution in [-0.2, 0) is 16.6 Å². The Hall–Kier alpha value is -2.44. The smallest absolute Gasteiger partial charge is 0.257 e. The molecule has 0 amide bonds. The second kappa shape index (κ2) is 8.29. The zero-order valence-corrected chi connectivity index (χ0v) is 16.5. The number of hydrogen-bond donors (Lipinski definition) is 1. The number of hydrogen-bond acceptors (Lipinski definition) is 4. The van der Waals surface area contributed by atoms with Crippen molar-refractivity contribution >= 4 is 26.6 Å². The van der Waals surface area contributed by atoms with Gasteiger partial charge >= 0.3 is 0 Å². The Balaban J connectivity index is 2.41. The van der Waals surface area contributed by atoms with Crippen molar-refractivity contribution < 1.29 is 8.42 Å². The summed E-state index contributed by atoms with van der Waals surface area (Å²) in [6, 6.07) is 9.36. The zero-order chi connectivity index (χ0) is 19.3. The average molecular weight is 372 g/mol. The Kier molecular flexibility index (Phi) is 6.34. The highest BCUT2D eigenvalue weighted by atomic mass is 32.2. The number of nitrogens with one attached hydrogen (secondary N) is 1. The third kappa shape index (κ3) is 5.03. The highest BCUT2D eigenvalue weighted by Gasteiger charge is 2.15. The topological polar surface area (TPSA) is 62.3 Å². The van der Waals surface area contributed by atoms with Gasteiger partial charge in [-0.2, -0.15) is 0 Å². The molecule has 1 heterocycles. The lowest BCUT2D eigenvalue weighted by atomic mass is 10.2. The maximum atomic E-state index is 12.6. The van der Waals surface area contributed by atoms with Crippen LogP contribution in [0.15, 0.2) is 65.6 Å². The molecule has 138 valence electrons. The fourth-order valence-corrected chi connectivity index (χ4v) is 3.18. The molecule has 0 saturated heterocycles. The van der Waals surface area contributed by atoms with Crippen molar-refractivity contribution in [3.8, 4) is 0 Å². The number of nitrogens with zero attached hydrogens (tertiary/aromatic N) is 2. The Morgan fingerprint density at radius 3 is 2.58 bits per heavy atom. The molecule has 0 spiro atoms. The van der Waals surface area contributed by atoms with E-state index in [1.807, 2.05) is 50.2 Å². The molecule has 0 aliphatic rings. The molecule has 0 aliphatic carbocycles. The van der Waals surface area contributed by atoms with Gasteiger partial charge in [-0.15, -0.1) is 0 Å². The average Bonchev–Trinajstić information content (AvgIpc) is 2.59. The summed E-state index contributed by atoms with van der Waals surface area (Å²) in [4.78, 5) is 6.87. The van der Waals surface area contributed by atoms with Crippen molar-refractivity contribution in [3.63, 3.8) is 0 Å². The summed E-state index contributed by atoms with van der Waals surface area (Å²) in [5.41, 5.74) is 2.88. The van der Waals surface area contributed by atoms with Crippen molar-refractivity contribution in [1.29, 1.82) is 0 Å². The predicted molar refractivity (Wildman–Crippen MR) is 109 cm³/mol. The first-order valence-electron chi connectivity index (χ1n) is 8.27. The van der Waals surface area contributed by atoms with Gasteiger partial charge in [0, 0.05) is 11.9 Å². The van der Waals surface area contributed by atoms with E-state index in [1.54, 1.807) is 31.2 Å². The van der Waals surface area contributed by atoms with Crippen LogP contribution in [0.2, 0.25) is 0 Å². The third-order valence-corrected chi connectivity index (χ3v) is 5.30. The number of rotatable bonds is 7. The third-order valence-electron chi connectivity index (χ3n) is 3.83. The van der Waals surface area contributed by atoms with Gasteiger partial charge in [0.05, 0.1) is 21.8 Å².